The molecule has 0 bridgehead atoms. The third-order valence-electron chi connectivity index (χ3n) is 2.84. The van der Waals surface area contributed by atoms with Crippen molar-refractivity contribution in [3.05, 3.63) is 34.4 Å². The van der Waals surface area contributed by atoms with Gasteiger partial charge >= 0.3 is 5.97 Å². The molecule has 18 heavy (non-hydrogen) atoms. The second-order valence-corrected chi connectivity index (χ2v) is 4.55. The van der Waals surface area contributed by atoms with Gasteiger partial charge in [-0.3, -0.25) is 9.59 Å². The first-order valence-corrected chi connectivity index (χ1v) is 5.95. The monoisotopic (exact) mass is 249 g/mol. The molecule has 0 atom stereocenters. The highest BCUT2D eigenvalue weighted by Crippen LogP contribution is 2.16. The summed E-state index contributed by atoms with van der Waals surface area (Å²) in [5.41, 5.74) is 4.40. The predicted octanol–water partition coefficient (Wildman–Crippen LogP) is 1.75. The molecule has 4 heteroatoms. The van der Waals surface area contributed by atoms with Gasteiger partial charge in [0.05, 0.1) is 12.8 Å². The first kappa shape index (κ1) is 14.2. The van der Waals surface area contributed by atoms with E-state index in [-0.39, 0.29) is 18.9 Å². The van der Waals surface area contributed by atoms with Crippen LogP contribution in [-0.4, -0.2) is 23.5 Å². The van der Waals surface area contributed by atoms with Crippen LogP contribution >= 0.6 is 0 Å². The molecule has 0 fully saturated rings. The Bertz CT molecular complexity index is 443. The highest BCUT2D eigenvalue weighted by Gasteiger charge is 2.09. The molecule has 0 unspecified atom stereocenters. The van der Waals surface area contributed by atoms with E-state index < -0.39 is 5.97 Å². The van der Waals surface area contributed by atoms with Crippen LogP contribution in [0.15, 0.2) is 12.1 Å². The zero-order chi connectivity index (χ0) is 13.7. The Morgan fingerprint density at radius 2 is 1.72 bits per heavy atom. The lowest BCUT2D eigenvalue weighted by Gasteiger charge is -2.11. The van der Waals surface area contributed by atoms with Crippen LogP contribution in [0, 0.1) is 20.8 Å². The Balaban J connectivity index is 2.62. The minimum Gasteiger partial charge on any atom is -0.481 e. The van der Waals surface area contributed by atoms with Crippen LogP contribution in [-0.2, 0) is 16.0 Å². The normalized spacial score (nSPS) is 10.2. The van der Waals surface area contributed by atoms with E-state index in [2.05, 4.69) is 5.32 Å². The Labute approximate surface area is 107 Å². The van der Waals surface area contributed by atoms with Gasteiger partial charge in [-0.2, -0.15) is 0 Å². The third kappa shape index (κ3) is 4.20. The summed E-state index contributed by atoms with van der Waals surface area (Å²) >= 11 is 0. The molecule has 0 aliphatic rings. The maximum Gasteiger partial charge on any atom is 0.305 e. The van der Waals surface area contributed by atoms with E-state index in [1.54, 1.807) is 0 Å². The quantitative estimate of drug-likeness (QED) is 0.835. The lowest BCUT2D eigenvalue weighted by Crippen LogP contribution is -2.28. The average molecular weight is 249 g/mol. The molecule has 1 aromatic rings. The van der Waals surface area contributed by atoms with Crippen molar-refractivity contribution in [2.75, 3.05) is 6.54 Å². The summed E-state index contributed by atoms with van der Waals surface area (Å²) in [5.74, 6) is -1.04. The number of aliphatic carboxylic acids is 1. The zero-order valence-electron chi connectivity index (χ0n) is 11.0. The van der Waals surface area contributed by atoms with E-state index in [0.29, 0.717) is 6.42 Å². The molecule has 0 heterocycles. The molecule has 0 saturated carbocycles. The fourth-order valence-corrected chi connectivity index (χ4v) is 2.02. The number of carbonyl (C=O) groups excluding carboxylic acids is 1. The van der Waals surface area contributed by atoms with E-state index in [9.17, 15) is 9.59 Å². The average Bonchev–Trinajstić information content (AvgIpc) is 2.22. The lowest BCUT2D eigenvalue weighted by molar-refractivity contribution is -0.136. The van der Waals surface area contributed by atoms with Gasteiger partial charge in [-0.25, -0.2) is 0 Å². The van der Waals surface area contributed by atoms with E-state index in [1.807, 2.05) is 32.9 Å². The van der Waals surface area contributed by atoms with E-state index in [0.717, 1.165) is 16.7 Å². The Hall–Kier alpha value is -1.84. The van der Waals surface area contributed by atoms with Gasteiger partial charge in [0.1, 0.15) is 0 Å². The van der Waals surface area contributed by atoms with E-state index in [1.165, 1.54) is 5.56 Å². The van der Waals surface area contributed by atoms with Crippen molar-refractivity contribution in [1.29, 1.82) is 0 Å². The largest absolute Gasteiger partial charge is 0.481 e. The van der Waals surface area contributed by atoms with Gasteiger partial charge in [-0.1, -0.05) is 17.7 Å². The van der Waals surface area contributed by atoms with Crippen molar-refractivity contribution in [2.45, 2.75) is 33.6 Å². The molecule has 0 spiro atoms. The summed E-state index contributed by atoms with van der Waals surface area (Å²) in [4.78, 5) is 22.0. The third-order valence-corrected chi connectivity index (χ3v) is 2.84. The summed E-state index contributed by atoms with van der Waals surface area (Å²) in [5, 5.41) is 11.1. The molecule has 2 N–H and O–H groups in total. The first-order chi connectivity index (χ1) is 8.40. The van der Waals surface area contributed by atoms with E-state index in [4.69, 9.17) is 5.11 Å². The van der Waals surface area contributed by atoms with Gasteiger partial charge in [0.15, 0.2) is 0 Å². The van der Waals surface area contributed by atoms with Crippen LogP contribution in [0.2, 0.25) is 0 Å². The number of carboxylic acids is 1. The van der Waals surface area contributed by atoms with Gasteiger partial charge in [-0.15, -0.1) is 0 Å². The molecule has 0 aliphatic carbocycles. The van der Waals surface area contributed by atoms with Crippen LogP contribution in [0.4, 0.5) is 0 Å². The van der Waals surface area contributed by atoms with Gasteiger partial charge in [0, 0.05) is 6.54 Å². The van der Waals surface area contributed by atoms with Crippen LogP contribution in [0.5, 0.6) is 0 Å². The van der Waals surface area contributed by atoms with Crippen molar-refractivity contribution in [1.82, 2.24) is 5.32 Å². The summed E-state index contributed by atoms with van der Waals surface area (Å²) in [6.45, 7) is 6.18. The minimum absolute atomic E-state index is 0.0440. The van der Waals surface area contributed by atoms with Crippen LogP contribution in [0.1, 0.15) is 28.7 Å². The molecule has 1 rings (SSSR count). The molecule has 98 valence electrons. The highest BCUT2D eigenvalue weighted by atomic mass is 16.4. The summed E-state index contributed by atoms with van der Waals surface area (Å²) in [7, 11) is 0. The van der Waals surface area contributed by atoms with Gasteiger partial charge in [-0.05, 0) is 37.5 Å². The predicted molar refractivity (Wildman–Crippen MR) is 69.6 cm³/mol. The number of benzene rings is 1. The lowest BCUT2D eigenvalue weighted by atomic mass is 9.97. The number of hydrogen-bond donors (Lipinski definition) is 2. The minimum atomic E-state index is -0.905. The number of hydrogen-bond acceptors (Lipinski definition) is 2. The molecule has 0 saturated heterocycles. The van der Waals surface area contributed by atoms with Gasteiger partial charge < -0.3 is 10.4 Å². The topological polar surface area (TPSA) is 66.4 Å². The van der Waals surface area contributed by atoms with Crippen molar-refractivity contribution < 1.29 is 14.7 Å². The summed E-state index contributed by atoms with van der Waals surface area (Å²) in [6, 6.07) is 4.10. The molecule has 1 amide bonds. The van der Waals surface area contributed by atoms with Gasteiger partial charge in [0.25, 0.3) is 0 Å². The maximum absolute atomic E-state index is 11.7. The standard InChI is InChI=1S/C14H19NO3/c1-9-6-10(2)12(11(3)7-9)8-13(16)15-5-4-14(17)18/h6-7H,4-5,8H2,1-3H3,(H,15,16)(H,17,18). The number of carboxylic acid groups (broad SMARTS) is 1. The number of carbonyl (C=O) groups is 2. The fraction of sp³-hybridized carbons (Fsp3) is 0.429. The van der Waals surface area contributed by atoms with Crippen molar-refractivity contribution in [2.24, 2.45) is 0 Å². The Kier molecular flexibility index (Phi) is 4.89. The summed E-state index contributed by atoms with van der Waals surface area (Å²) < 4.78 is 0. The van der Waals surface area contributed by atoms with Crippen molar-refractivity contribution >= 4 is 11.9 Å². The Morgan fingerprint density at radius 1 is 1.17 bits per heavy atom. The van der Waals surface area contributed by atoms with Crippen LogP contribution in [0.3, 0.4) is 0 Å². The number of nitrogens with one attached hydrogen (secondary N) is 1. The Morgan fingerprint density at radius 3 is 2.22 bits per heavy atom. The molecular formula is C14H19NO3. The number of aryl methyl sites for hydroxylation is 3. The molecule has 0 aliphatic heterocycles. The van der Waals surface area contributed by atoms with Crippen LogP contribution < -0.4 is 5.32 Å². The maximum atomic E-state index is 11.7. The molecule has 0 radical (unpaired) electrons. The second kappa shape index (κ2) is 6.19. The molecule has 4 nitrogen and oxygen atoms in total. The van der Waals surface area contributed by atoms with Gasteiger partial charge in [0.2, 0.25) is 5.91 Å². The van der Waals surface area contributed by atoms with Crippen molar-refractivity contribution in [3.8, 4) is 0 Å². The number of amides is 1. The number of rotatable bonds is 5. The van der Waals surface area contributed by atoms with Crippen LogP contribution in [0.25, 0.3) is 0 Å². The summed E-state index contributed by atoms with van der Waals surface area (Å²) in [6.07, 6.45) is 0.259. The fourth-order valence-electron chi connectivity index (χ4n) is 2.02. The SMILES string of the molecule is Cc1cc(C)c(CC(=O)NCCC(=O)O)c(C)c1. The molecule has 0 aromatic heterocycles. The second-order valence-electron chi connectivity index (χ2n) is 4.55. The highest BCUT2D eigenvalue weighted by molar-refractivity contribution is 5.80. The molecular weight excluding hydrogens is 230 g/mol. The van der Waals surface area contributed by atoms with E-state index >= 15 is 0 Å². The zero-order valence-corrected chi connectivity index (χ0v) is 11.0. The molecule has 1 aromatic carbocycles. The van der Waals surface area contributed by atoms with Crippen molar-refractivity contribution in [3.63, 3.8) is 0 Å². The first-order valence-electron chi connectivity index (χ1n) is 5.95. The smallest absolute Gasteiger partial charge is 0.305 e.